The molecule has 3 N–H and O–H groups in total. The first-order valence-electron chi connectivity index (χ1n) is 2.00. The van der Waals surface area contributed by atoms with Crippen molar-refractivity contribution in [1.29, 1.82) is 0 Å². The summed E-state index contributed by atoms with van der Waals surface area (Å²) in [7, 11) is 0. The molecule has 1 nitrogen and oxygen atoms in total. The molecule has 0 spiro atoms. The summed E-state index contributed by atoms with van der Waals surface area (Å²) in [5, 5.41) is 0. The quantitative estimate of drug-likeness (QED) is 0.441. The Kier molecular flexibility index (Phi) is 4.36. The number of rotatable bonds is 0. The topological polar surface area (TPSA) is 35.0 Å². The molecule has 0 saturated heterocycles. The Morgan fingerprint density at radius 2 is 1.17 bits per heavy atom. The van der Waals surface area contributed by atoms with Gasteiger partial charge in [0.05, 0.1) is 0 Å². The third kappa shape index (κ3) is 186. The van der Waals surface area contributed by atoms with Gasteiger partial charge in [0.15, 0.2) is 0 Å². The number of hydrogen-bond donors (Lipinski definition) is 1. The van der Waals surface area contributed by atoms with E-state index in [1.54, 1.807) is 0 Å². The van der Waals surface area contributed by atoms with Gasteiger partial charge in [0, 0.05) is 0 Å². The zero-order valence-corrected chi connectivity index (χ0v) is 5.21. The molecule has 0 radical (unpaired) electrons. The van der Waals surface area contributed by atoms with E-state index in [0.717, 1.165) is 0 Å². The van der Waals surface area contributed by atoms with Crippen LogP contribution in [0.4, 0.5) is 0 Å². The van der Waals surface area contributed by atoms with E-state index in [9.17, 15) is 0 Å². The van der Waals surface area contributed by atoms with Gasteiger partial charge < -0.3 is 6.15 Å². The molecule has 0 unspecified atom stereocenters. The molecule has 0 atom stereocenters. The first kappa shape index (κ1) is 9.75. The molecular formula is C4H12LiN. The molecule has 34 valence electrons. The van der Waals surface area contributed by atoms with Crippen molar-refractivity contribution in [3.63, 3.8) is 0 Å². The van der Waals surface area contributed by atoms with E-state index in [-0.39, 0.29) is 6.15 Å². The summed E-state index contributed by atoms with van der Waals surface area (Å²) in [6.45, 7) is 6.56. The molecule has 0 heterocycles. The van der Waals surface area contributed by atoms with E-state index in [0.29, 0.717) is 4.09 Å². The second kappa shape index (κ2) is 2.68. The van der Waals surface area contributed by atoms with Crippen LogP contribution in [0.15, 0.2) is 0 Å². The van der Waals surface area contributed by atoms with Gasteiger partial charge >= 0.3 is 42.6 Å². The summed E-state index contributed by atoms with van der Waals surface area (Å²) in [5.41, 5.74) is 0. The van der Waals surface area contributed by atoms with Gasteiger partial charge in [0.2, 0.25) is 0 Å². The fourth-order valence-electron chi connectivity index (χ4n) is 0. The van der Waals surface area contributed by atoms with Gasteiger partial charge in [0.1, 0.15) is 0 Å². The van der Waals surface area contributed by atoms with Crippen LogP contribution in [0.1, 0.15) is 20.8 Å². The van der Waals surface area contributed by atoms with E-state index in [1.807, 2.05) is 0 Å². The van der Waals surface area contributed by atoms with Crippen molar-refractivity contribution < 1.29 is 0 Å². The minimum atomic E-state index is 0. The summed E-state index contributed by atoms with van der Waals surface area (Å²) in [6, 6.07) is 0. The van der Waals surface area contributed by atoms with Gasteiger partial charge in [-0.15, -0.1) is 0 Å². The molecule has 0 fully saturated rings. The molecule has 0 bridgehead atoms. The van der Waals surface area contributed by atoms with Crippen LogP contribution in [0.25, 0.3) is 0 Å². The van der Waals surface area contributed by atoms with Crippen molar-refractivity contribution in [2.24, 2.45) is 0 Å². The molecule has 0 aromatic carbocycles. The van der Waals surface area contributed by atoms with Crippen LogP contribution >= 0.6 is 0 Å². The fourth-order valence-corrected chi connectivity index (χ4v) is 0. The molecule has 0 amide bonds. The maximum absolute atomic E-state index is 2.19. The Morgan fingerprint density at radius 1 is 1.17 bits per heavy atom. The molecule has 6 heavy (non-hydrogen) atoms. The van der Waals surface area contributed by atoms with E-state index in [1.165, 1.54) is 0 Å². The molecular weight excluding hydrogens is 69.0 g/mol. The third-order valence-corrected chi connectivity index (χ3v) is 0. The molecule has 0 rings (SSSR count). The zero-order chi connectivity index (χ0) is 4.50. The predicted molar refractivity (Wildman–Crippen MR) is 30.5 cm³/mol. The van der Waals surface area contributed by atoms with E-state index >= 15 is 0 Å². The average molecular weight is 81.1 g/mol. The van der Waals surface area contributed by atoms with Crippen LogP contribution in [0, 0.1) is 0 Å². The minimum absolute atomic E-state index is 0. The van der Waals surface area contributed by atoms with Crippen molar-refractivity contribution >= 4 is 17.7 Å². The van der Waals surface area contributed by atoms with Gasteiger partial charge in [-0.2, -0.15) is 0 Å². The van der Waals surface area contributed by atoms with Crippen molar-refractivity contribution in [2.45, 2.75) is 24.9 Å². The van der Waals surface area contributed by atoms with E-state index < -0.39 is 0 Å². The second-order valence-electron chi connectivity index (χ2n) is 3.00. The molecule has 0 saturated carbocycles. The normalized spacial score (nSPS) is 10.2. The standard InChI is InChI=1S/C4H9.Li.H3N/c1-4(2)3;;/h1-3H3;;1H3. The molecule has 0 aliphatic rings. The summed E-state index contributed by atoms with van der Waals surface area (Å²) < 4.78 is 0.500. The van der Waals surface area contributed by atoms with Gasteiger partial charge in [-0.25, -0.2) is 0 Å². The monoisotopic (exact) mass is 81.1 g/mol. The summed E-state index contributed by atoms with van der Waals surface area (Å²) in [6.07, 6.45) is 0. The van der Waals surface area contributed by atoms with Crippen LogP contribution in [-0.2, 0) is 0 Å². The van der Waals surface area contributed by atoms with Crippen LogP contribution in [0.3, 0.4) is 0 Å². The van der Waals surface area contributed by atoms with Crippen LogP contribution in [-0.4, -0.2) is 17.7 Å². The van der Waals surface area contributed by atoms with Crippen LogP contribution in [0.2, 0.25) is 4.09 Å². The molecule has 0 aromatic heterocycles. The Hall–Kier alpha value is 0.557. The van der Waals surface area contributed by atoms with Crippen molar-refractivity contribution in [2.75, 3.05) is 0 Å². The third-order valence-electron chi connectivity index (χ3n) is 0. The van der Waals surface area contributed by atoms with Crippen molar-refractivity contribution in [3.05, 3.63) is 0 Å². The Balaban J connectivity index is 0. The predicted octanol–water partition coefficient (Wildman–Crippen LogP) is 1.54. The fraction of sp³-hybridized carbons (Fsp3) is 1.00. The SMILES string of the molecule is N.[Li][C](C)(C)C. The summed E-state index contributed by atoms with van der Waals surface area (Å²) in [4.78, 5) is 0. The molecule has 0 aliphatic carbocycles. The molecule has 2 heteroatoms. The second-order valence-corrected chi connectivity index (χ2v) is 3.00. The van der Waals surface area contributed by atoms with E-state index in [4.69, 9.17) is 0 Å². The van der Waals surface area contributed by atoms with Crippen LogP contribution in [0.5, 0.6) is 0 Å². The van der Waals surface area contributed by atoms with Gasteiger partial charge in [-0.05, 0) is 0 Å². The first-order valence-corrected chi connectivity index (χ1v) is 2.00. The van der Waals surface area contributed by atoms with Gasteiger partial charge in [-0.3, -0.25) is 0 Å². The first-order chi connectivity index (χ1) is 2.00. The summed E-state index contributed by atoms with van der Waals surface area (Å²) in [5.74, 6) is 0. The van der Waals surface area contributed by atoms with E-state index in [2.05, 4.69) is 38.5 Å². The Labute approximate surface area is 49.3 Å². The van der Waals surface area contributed by atoms with Gasteiger partial charge in [-0.1, -0.05) is 0 Å². The van der Waals surface area contributed by atoms with Crippen LogP contribution < -0.4 is 6.15 Å². The number of hydrogen-bond acceptors (Lipinski definition) is 1. The van der Waals surface area contributed by atoms with Gasteiger partial charge in [0.25, 0.3) is 0 Å². The Morgan fingerprint density at radius 3 is 1.17 bits per heavy atom. The molecule has 0 aliphatic heterocycles. The van der Waals surface area contributed by atoms with Crippen molar-refractivity contribution in [1.82, 2.24) is 6.15 Å². The Bertz CT molecular complexity index is 23.0. The van der Waals surface area contributed by atoms with Crippen molar-refractivity contribution in [3.8, 4) is 0 Å². The zero-order valence-electron chi connectivity index (χ0n) is 5.21. The molecule has 0 aromatic rings. The average Bonchev–Trinajstić information content (AvgIpc) is 0.722. The maximum atomic E-state index is 2.19. The summed E-state index contributed by atoms with van der Waals surface area (Å²) >= 11 is 2.19.